The highest BCUT2D eigenvalue weighted by atomic mass is 16.2. The molecular weight excluding hydrogens is 256 g/mol. The normalized spacial score (nSPS) is 16.2. The Bertz CT molecular complexity index is 610. The number of rotatable bonds is 2. The number of H-pyrrole nitrogens is 1. The van der Waals surface area contributed by atoms with Gasteiger partial charge in [-0.15, -0.1) is 0 Å². The molecule has 20 heavy (non-hydrogen) atoms. The Labute approximate surface area is 116 Å². The van der Waals surface area contributed by atoms with E-state index in [0.717, 1.165) is 31.4 Å². The highest BCUT2D eigenvalue weighted by molar-refractivity contribution is 6.06. The molecule has 3 heterocycles. The minimum atomic E-state index is -0.397. The zero-order valence-corrected chi connectivity index (χ0v) is 11.0. The van der Waals surface area contributed by atoms with Crippen molar-refractivity contribution in [2.24, 2.45) is 5.92 Å². The van der Waals surface area contributed by atoms with E-state index in [1.54, 1.807) is 18.3 Å². The lowest BCUT2D eigenvalue weighted by Crippen LogP contribution is -2.40. The number of hydrogen-bond donors (Lipinski definition) is 3. The predicted molar refractivity (Wildman–Crippen MR) is 74.2 cm³/mol. The van der Waals surface area contributed by atoms with E-state index >= 15 is 0 Å². The molecule has 1 aliphatic rings. The van der Waals surface area contributed by atoms with Gasteiger partial charge in [-0.3, -0.25) is 19.9 Å². The van der Waals surface area contributed by atoms with E-state index in [1.165, 1.54) is 0 Å². The first kappa shape index (κ1) is 12.8. The number of imide groups is 1. The first-order valence-electron chi connectivity index (χ1n) is 6.74. The topological polar surface area (TPSA) is 86.9 Å². The van der Waals surface area contributed by atoms with Crippen LogP contribution in [-0.2, 0) is 4.79 Å². The molecule has 0 saturated carbocycles. The summed E-state index contributed by atoms with van der Waals surface area (Å²) >= 11 is 0. The third-order valence-corrected chi connectivity index (χ3v) is 3.58. The summed E-state index contributed by atoms with van der Waals surface area (Å²) in [5, 5.41) is 5.66. The van der Waals surface area contributed by atoms with Gasteiger partial charge in [0.25, 0.3) is 5.91 Å². The zero-order valence-electron chi connectivity index (χ0n) is 11.0. The fourth-order valence-corrected chi connectivity index (χ4v) is 2.44. The number of nitrogens with zero attached hydrogens (tertiary/aromatic N) is 1. The summed E-state index contributed by atoms with van der Waals surface area (Å²) in [6.07, 6.45) is 3.21. The van der Waals surface area contributed by atoms with Crippen molar-refractivity contribution in [1.82, 2.24) is 20.6 Å². The lowest BCUT2D eigenvalue weighted by molar-refractivity contribution is -0.124. The maximum Gasteiger partial charge on any atom is 0.274 e. The van der Waals surface area contributed by atoms with Crippen molar-refractivity contribution in [3.63, 3.8) is 0 Å². The van der Waals surface area contributed by atoms with Crippen molar-refractivity contribution in [2.45, 2.75) is 12.8 Å². The van der Waals surface area contributed by atoms with E-state index in [1.807, 2.05) is 6.07 Å². The number of fused-ring (bicyclic) bond motifs is 1. The molecule has 0 aromatic carbocycles. The van der Waals surface area contributed by atoms with Crippen LogP contribution in [0.4, 0.5) is 0 Å². The molecule has 2 aromatic rings. The average molecular weight is 272 g/mol. The summed E-state index contributed by atoms with van der Waals surface area (Å²) < 4.78 is 0. The van der Waals surface area contributed by atoms with Crippen LogP contribution in [0.3, 0.4) is 0 Å². The molecule has 0 radical (unpaired) electrons. The second kappa shape index (κ2) is 5.42. The smallest absolute Gasteiger partial charge is 0.274 e. The van der Waals surface area contributed by atoms with Crippen molar-refractivity contribution in [2.75, 3.05) is 13.1 Å². The van der Waals surface area contributed by atoms with E-state index in [4.69, 9.17) is 0 Å². The number of carbonyl (C=O) groups is 2. The summed E-state index contributed by atoms with van der Waals surface area (Å²) in [6, 6.07) is 5.29. The number of aromatic nitrogens is 2. The van der Waals surface area contributed by atoms with Crippen LogP contribution in [-0.4, -0.2) is 34.9 Å². The molecule has 1 aliphatic heterocycles. The molecule has 1 saturated heterocycles. The molecule has 3 rings (SSSR count). The summed E-state index contributed by atoms with van der Waals surface area (Å²) in [6.45, 7) is 1.64. The Morgan fingerprint density at radius 3 is 2.85 bits per heavy atom. The van der Waals surface area contributed by atoms with Gasteiger partial charge in [-0.1, -0.05) is 0 Å². The van der Waals surface area contributed by atoms with Crippen LogP contribution in [0, 0.1) is 5.92 Å². The van der Waals surface area contributed by atoms with Crippen LogP contribution in [0.25, 0.3) is 11.0 Å². The maximum atomic E-state index is 12.1. The number of pyridine rings is 1. The molecule has 0 atom stereocenters. The van der Waals surface area contributed by atoms with Crippen LogP contribution < -0.4 is 10.6 Å². The molecular formula is C14H16N4O2. The van der Waals surface area contributed by atoms with Gasteiger partial charge in [0.15, 0.2) is 0 Å². The van der Waals surface area contributed by atoms with E-state index in [9.17, 15) is 9.59 Å². The average Bonchev–Trinajstić information content (AvgIpc) is 2.92. The van der Waals surface area contributed by atoms with E-state index in [0.29, 0.717) is 11.2 Å². The molecule has 2 aromatic heterocycles. The molecule has 6 nitrogen and oxygen atoms in total. The number of hydrogen-bond acceptors (Lipinski definition) is 4. The highest BCUT2D eigenvalue weighted by Gasteiger charge is 2.23. The third kappa shape index (κ3) is 2.55. The zero-order chi connectivity index (χ0) is 13.9. The van der Waals surface area contributed by atoms with E-state index in [2.05, 4.69) is 20.6 Å². The fraction of sp³-hybridized carbons (Fsp3) is 0.357. The van der Waals surface area contributed by atoms with Gasteiger partial charge in [0.1, 0.15) is 5.69 Å². The minimum Gasteiger partial charge on any atom is -0.349 e. The minimum absolute atomic E-state index is 0.0808. The Hall–Kier alpha value is -2.21. The molecule has 6 heteroatoms. The Morgan fingerprint density at radius 2 is 2.10 bits per heavy atom. The Morgan fingerprint density at radius 1 is 1.30 bits per heavy atom. The van der Waals surface area contributed by atoms with Crippen LogP contribution in [0.1, 0.15) is 23.3 Å². The predicted octanol–water partition coefficient (Wildman–Crippen LogP) is 0.819. The highest BCUT2D eigenvalue weighted by Crippen LogP contribution is 2.14. The standard InChI is InChI=1S/C14H16N4O2/c19-13(9-3-6-15-7-4-9)18-14(20)12-8-11-10(17-12)2-1-5-16-11/h1-2,5,8-9,15,17H,3-4,6-7H2,(H,18,19,20). The summed E-state index contributed by atoms with van der Waals surface area (Å²) in [5.74, 6) is -0.669. The number of aromatic amines is 1. The molecule has 2 amide bonds. The third-order valence-electron chi connectivity index (χ3n) is 3.58. The molecule has 104 valence electrons. The van der Waals surface area contributed by atoms with Crippen LogP contribution in [0.5, 0.6) is 0 Å². The number of amides is 2. The van der Waals surface area contributed by atoms with Crippen molar-refractivity contribution < 1.29 is 9.59 Å². The summed E-state index contributed by atoms with van der Waals surface area (Å²) in [5.41, 5.74) is 1.86. The van der Waals surface area contributed by atoms with Gasteiger partial charge in [-0.25, -0.2) is 0 Å². The Balaban J connectivity index is 1.70. The molecule has 0 bridgehead atoms. The molecule has 0 aliphatic carbocycles. The number of carbonyl (C=O) groups excluding carboxylic acids is 2. The van der Waals surface area contributed by atoms with Crippen LogP contribution in [0.2, 0.25) is 0 Å². The monoisotopic (exact) mass is 272 g/mol. The first-order chi connectivity index (χ1) is 9.74. The van der Waals surface area contributed by atoms with Gasteiger partial charge in [0, 0.05) is 12.1 Å². The number of piperidine rings is 1. The van der Waals surface area contributed by atoms with Crippen LogP contribution in [0.15, 0.2) is 24.4 Å². The largest absolute Gasteiger partial charge is 0.349 e. The lowest BCUT2D eigenvalue weighted by Gasteiger charge is -2.21. The summed E-state index contributed by atoms with van der Waals surface area (Å²) in [4.78, 5) is 31.2. The second-order valence-corrected chi connectivity index (χ2v) is 4.96. The quantitative estimate of drug-likeness (QED) is 0.706. The van der Waals surface area contributed by atoms with Gasteiger partial charge >= 0.3 is 0 Å². The van der Waals surface area contributed by atoms with Gasteiger partial charge < -0.3 is 10.3 Å². The van der Waals surface area contributed by atoms with Gasteiger partial charge in [-0.05, 0) is 44.1 Å². The molecule has 3 N–H and O–H groups in total. The van der Waals surface area contributed by atoms with Crippen molar-refractivity contribution in [1.29, 1.82) is 0 Å². The fourth-order valence-electron chi connectivity index (χ4n) is 2.44. The maximum absolute atomic E-state index is 12.1. The first-order valence-corrected chi connectivity index (χ1v) is 6.74. The van der Waals surface area contributed by atoms with Crippen molar-refractivity contribution in [3.8, 4) is 0 Å². The molecule has 1 fully saturated rings. The van der Waals surface area contributed by atoms with Crippen molar-refractivity contribution >= 4 is 22.8 Å². The van der Waals surface area contributed by atoms with E-state index in [-0.39, 0.29) is 11.8 Å². The molecule has 0 spiro atoms. The second-order valence-electron chi connectivity index (χ2n) is 4.96. The van der Waals surface area contributed by atoms with Gasteiger partial charge in [-0.2, -0.15) is 0 Å². The van der Waals surface area contributed by atoms with E-state index < -0.39 is 5.91 Å². The van der Waals surface area contributed by atoms with Gasteiger partial charge in [0.2, 0.25) is 5.91 Å². The molecule has 0 unspecified atom stereocenters. The van der Waals surface area contributed by atoms with Gasteiger partial charge in [0.05, 0.1) is 11.0 Å². The number of nitrogens with one attached hydrogen (secondary N) is 3. The Kier molecular flexibility index (Phi) is 3.47. The lowest BCUT2D eigenvalue weighted by atomic mass is 9.97. The SMILES string of the molecule is O=C(NC(=O)C1CCNCC1)c1cc2ncccc2[nH]1. The van der Waals surface area contributed by atoms with Crippen LogP contribution >= 0.6 is 0 Å². The van der Waals surface area contributed by atoms with Crippen molar-refractivity contribution in [3.05, 3.63) is 30.1 Å². The summed E-state index contributed by atoms with van der Waals surface area (Å²) in [7, 11) is 0.